The van der Waals surface area contributed by atoms with Gasteiger partial charge in [-0.15, -0.1) is 0 Å². The fourth-order valence-electron chi connectivity index (χ4n) is 1.16. The van der Waals surface area contributed by atoms with E-state index in [2.05, 4.69) is 24.4 Å². The average Bonchev–Trinajstić information content (AvgIpc) is 2.04. The molecule has 0 aliphatic carbocycles. The van der Waals surface area contributed by atoms with Crippen LogP contribution in [0.3, 0.4) is 0 Å². The second-order valence-corrected chi connectivity index (χ2v) is 3.00. The lowest BCUT2D eigenvalue weighted by Gasteiger charge is -2.08. The normalized spacial score (nSPS) is 12.9. The molecular formula is C10H15NO. The van der Waals surface area contributed by atoms with Gasteiger partial charge in [-0.3, -0.25) is 5.32 Å². The number of nitrogens with one attached hydrogen (secondary N) is 1. The molecule has 0 bridgehead atoms. The summed E-state index contributed by atoms with van der Waals surface area (Å²) in [7, 11) is 1.75. The van der Waals surface area contributed by atoms with Crippen LogP contribution >= 0.6 is 0 Å². The summed E-state index contributed by atoms with van der Waals surface area (Å²) in [4.78, 5) is 0. The van der Waals surface area contributed by atoms with Gasteiger partial charge >= 0.3 is 0 Å². The molecule has 12 heavy (non-hydrogen) atoms. The van der Waals surface area contributed by atoms with Crippen LogP contribution in [0.25, 0.3) is 0 Å². The molecule has 1 aromatic carbocycles. The first-order chi connectivity index (χ1) is 5.72. The number of aliphatic hydroxyl groups excluding tert-OH is 1. The van der Waals surface area contributed by atoms with Crippen molar-refractivity contribution in [3.63, 3.8) is 0 Å². The van der Waals surface area contributed by atoms with Crippen molar-refractivity contribution in [2.45, 2.75) is 19.6 Å². The zero-order valence-electron chi connectivity index (χ0n) is 7.54. The molecule has 0 fully saturated rings. The minimum atomic E-state index is -0.438. The third kappa shape index (κ3) is 2.64. The lowest BCUT2D eigenvalue weighted by molar-refractivity contribution is 0.147. The van der Waals surface area contributed by atoms with Crippen LogP contribution in [0.4, 0.5) is 0 Å². The molecule has 1 atom stereocenters. The van der Waals surface area contributed by atoms with E-state index >= 15 is 0 Å². The van der Waals surface area contributed by atoms with Crippen LogP contribution in [-0.2, 0) is 6.42 Å². The molecular weight excluding hydrogens is 150 g/mol. The minimum absolute atomic E-state index is 0.438. The first-order valence-electron chi connectivity index (χ1n) is 4.13. The molecule has 0 saturated carbocycles. The minimum Gasteiger partial charge on any atom is -0.378 e. The Balaban J connectivity index is 2.63. The lowest BCUT2D eigenvalue weighted by atomic mass is 10.1. The van der Waals surface area contributed by atoms with E-state index in [4.69, 9.17) is 0 Å². The van der Waals surface area contributed by atoms with Crippen molar-refractivity contribution in [3.05, 3.63) is 35.4 Å². The van der Waals surface area contributed by atoms with Crippen molar-refractivity contribution in [1.29, 1.82) is 0 Å². The Morgan fingerprint density at radius 3 is 2.83 bits per heavy atom. The van der Waals surface area contributed by atoms with Crippen molar-refractivity contribution >= 4 is 0 Å². The average molecular weight is 165 g/mol. The van der Waals surface area contributed by atoms with Crippen LogP contribution in [-0.4, -0.2) is 18.4 Å². The smallest absolute Gasteiger partial charge is 0.108 e. The summed E-state index contributed by atoms with van der Waals surface area (Å²) in [6.07, 6.45) is 0.227. The van der Waals surface area contributed by atoms with Gasteiger partial charge in [-0.05, 0) is 19.5 Å². The molecule has 0 radical (unpaired) electrons. The fraction of sp³-hybridized carbons (Fsp3) is 0.400. The quantitative estimate of drug-likeness (QED) is 0.657. The predicted octanol–water partition coefficient (Wildman–Crippen LogP) is 1.08. The molecule has 2 heteroatoms. The second-order valence-electron chi connectivity index (χ2n) is 3.00. The van der Waals surface area contributed by atoms with Gasteiger partial charge in [-0.2, -0.15) is 0 Å². The molecule has 1 rings (SSSR count). The molecule has 2 nitrogen and oxygen atoms in total. The van der Waals surface area contributed by atoms with Gasteiger partial charge in [-0.25, -0.2) is 0 Å². The molecule has 0 aromatic heterocycles. The van der Waals surface area contributed by atoms with E-state index < -0.39 is 6.23 Å². The summed E-state index contributed by atoms with van der Waals surface area (Å²) >= 11 is 0. The number of hydrogen-bond donors (Lipinski definition) is 2. The fourth-order valence-corrected chi connectivity index (χ4v) is 1.16. The Labute approximate surface area is 73.2 Å². The van der Waals surface area contributed by atoms with Crippen molar-refractivity contribution in [2.75, 3.05) is 7.05 Å². The Bertz CT molecular complexity index is 247. The summed E-state index contributed by atoms with van der Waals surface area (Å²) in [6.45, 7) is 2.05. The maximum atomic E-state index is 9.29. The van der Waals surface area contributed by atoms with Crippen molar-refractivity contribution in [1.82, 2.24) is 5.32 Å². The molecule has 0 heterocycles. The highest BCUT2D eigenvalue weighted by Gasteiger charge is 2.00. The van der Waals surface area contributed by atoms with Gasteiger partial charge in [0.05, 0.1) is 0 Å². The SMILES string of the molecule is CNC(O)Cc1cccc(C)c1. The van der Waals surface area contributed by atoms with Crippen LogP contribution in [0.1, 0.15) is 11.1 Å². The summed E-state index contributed by atoms with van der Waals surface area (Å²) in [5.41, 5.74) is 2.40. The maximum absolute atomic E-state index is 9.29. The molecule has 0 amide bonds. The van der Waals surface area contributed by atoms with Gasteiger partial charge in [0.15, 0.2) is 0 Å². The van der Waals surface area contributed by atoms with E-state index in [1.54, 1.807) is 7.05 Å². The summed E-state index contributed by atoms with van der Waals surface area (Å²) < 4.78 is 0. The largest absolute Gasteiger partial charge is 0.378 e. The molecule has 1 unspecified atom stereocenters. The monoisotopic (exact) mass is 165 g/mol. The second kappa shape index (κ2) is 4.24. The van der Waals surface area contributed by atoms with Gasteiger partial charge < -0.3 is 5.11 Å². The van der Waals surface area contributed by atoms with Crippen LogP contribution in [0.2, 0.25) is 0 Å². The number of aliphatic hydroxyl groups is 1. The highest BCUT2D eigenvalue weighted by molar-refractivity contribution is 5.22. The first-order valence-corrected chi connectivity index (χ1v) is 4.13. The first kappa shape index (κ1) is 9.23. The van der Waals surface area contributed by atoms with Crippen molar-refractivity contribution < 1.29 is 5.11 Å². The molecule has 2 N–H and O–H groups in total. The third-order valence-corrected chi connectivity index (χ3v) is 1.84. The van der Waals surface area contributed by atoms with Crippen LogP contribution < -0.4 is 5.32 Å². The van der Waals surface area contributed by atoms with E-state index in [0.717, 1.165) is 5.56 Å². The molecule has 0 aliphatic heterocycles. The van der Waals surface area contributed by atoms with Gasteiger partial charge in [0, 0.05) is 6.42 Å². The number of hydrogen-bond acceptors (Lipinski definition) is 2. The Morgan fingerprint density at radius 2 is 2.25 bits per heavy atom. The van der Waals surface area contributed by atoms with E-state index in [1.165, 1.54) is 5.56 Å². The molecule has 0 aliphatic rings. The Morgan fingerprint density at radius 1 is 1.50 bits per heavy atom. The Hall–Kier alpha value is -0.860. The summed E-state index contributed by atoms with van der Waals surface area (Å²) in [6, 6.07) is 8.16. The lowest BCUT2D eigenvalue weighted by Crippen LogP contribution is -2.26. The molecule has 0 saturated heterocycles. The summed E-state index contributed by atoms with van der Waals surface area (Å²) in [5, 5.41) is 12.1. The molecule has 66 valence electrons. The van der Waals surface area contributed by atoms with Gasteiger partial charge in [-0.1, -0.05) is 29.8 Å². The molecule has 0 spiro atoms. The number of benzene rings is 1. The topological polar surface area (TPSA) is 32.3 Å². The highest BCUT2D eigenvalue weighted by Crippen LogP contribution is 2.05. The van der Waals surface area contributed by atoms with E-state index in [9.17, 15) is 5.11 Å². The maximum Gasteiger partial charge on any atom is 0.108 e. The van der Waals surface area contributed by atoms with Crippen LogP contribution in [0.5, 0.6) is 0 Å². The third-order valence-electron chi connectivity index (χ3n) is 1.84. The standard InChI is InChI=1S/C10H15NO/c1-8-4-3-5-9(6-8)7-10(12)11-2/h3-6,10-12H,7H2,1-2H3. The summed E-state index contributed by atoms with van der Waals surface area (Å²) in [5.74, 6) is 0. The highest BCUT2D eigenvalue weighted by atomic mass is 16.3. The zero-order valence-corrected chi connectivity index (χ0v) is 7.54. The number of aryl methyl sites for hydroxylation is 1. The van der Waals surface area contributed by atoms with Crippen LogP contribution in [0.15, 0.2) is 24.3 Å². The Kier molecular flexibility index (Phi) is 3.26. The predicted molar refractivity (Wildman–Crippen MR) is 49.9 cm³/mol. The van der Waals surface area contributed by atoms with E-state index in [1.807, 2.05) is 12.1 Å². The van der Waals surface area contributed by atoms with Gasteiger partial charge in [0.2, 0.25) is 0 Å². The van der Waals surface area contributed by atoms with Crippen molar-refractivity contribution in [3.8, 4) is 0 Å². The van der Waals surface area contributed by atoms with E-state index in [-0.39, 0.29) is 0 Å². The van der Waals surface area contributed by atoms with Crippen LogP contribution in [0, 0.1) is 6.92 Å². The zero-order chi connectivity index (χ0) is 8.97. The molecule has 1 aromatic rings. The van der Waals surface area contributed by atoms with E-state index in [0.29, 0.717) is 6.42 Å². The number of rotatable bonds is 3. The number of likely N-dealkylation sites (N-methyl/N-ethyl adjacent to an activating group) is 1. The van der Waals surface area contributed by atoms with Crippen molar-refractivity contribution in [2.24, 2.45) is 0 Å². The van der Waals surface area contributed by atoms with Gasteiger partial charge in [0.25, 0.3) is 0 Å². The van der Waals surface area contributed by atoms with Gasteiger partial charge in [0.1, 0.15) is 6.23 Å².